The minimum atomic E-state index is -5.15. The van der Waals surface area contributed by atoms with Gasteiger partial charge in [-0.05, 0) is 74.4 Å². The minimum Gasteiger partial charge on any atom is -0.347 e. The Morgan fingerprint density at radius 2 is 1.65 bits per heavy atom. The second kappa shape index (κ2) is 10.0. The number of carbonyl (C=O) groups is 2. The molecule has 40 heavy (non-hydrogen) atoms. The zero-order valence-electron chi connectivity index (χ0n) is 21.9. The van der Waals surface area contributed by atoms with Crippen LogP contribution in [-0.4, -0.2) is 40.6 Å². The number of ketones is 1. The summed E-state index contributed by atoms with van der Waals surface area (Å²) in [6, 6.07) is 15.6. The Balaban J connectivity index is 1.48. The van der Waals surface area contributed by atoms with Crippen molar-refractivity contribution >= 4 is 50.9 Å². The Hall–Kier alpha value is -3.73. The van der Waals surface area contributed by atoms with E-state index in [0.717, 1.165) is 27.4 Å². The van der Waals surface area contributed by atoms with Crippen molar-refractivity contribution in [1.82, 2.24) is 4.57 Å². The zero-order valence-corrected chi connectivity index (χ0v) is 22.7. The molecular weight excluding hydrogens is 549 g/mol. The number of hydrogen-bond acceptors (Lipinski definition) is 6. The molecule has 1 saturated heterocycles. The topological polar surface area (TPSA) is 79.1 Å². The van der Waals surface area contributed by atoms with Crippen LogP contribution in [0, 0.1) is 0 Å². The molecule has 1 aliphatic heterocycles. The Morgan fingerprint density at radius 3 is 2.23 bits per heavy atom. The van der Waals surface area contributed by atoms with Crippen molar-refractivity contribution < 1.29 is 37.1 Å². The molecule has 3 aromatic carbocycles. The van der Waals surface area contributed by atoms with Gasteiger partial charge in [-0.25, -0.2) is 4.79 Å². The molecule has 0 radical (unpaired) electrons. The number of aryl methyl sites for hydroxylation is 1. The summed E-state index contributed by atoms with van der Waals surface area (Å²) >= 11 is 6.54. The number of rotatable bonds is 5. The fourth-order valence-corrected chi connectivity index (χ4v) is 5.00. The normalized spacial score (nSPS) is 17.5. The largest absolute Gasteiger partial charge is 0.493 e. The summed E-state index contributed by atoms with van der Waals surface area (Å²) < 4.78 is 50.8. The number of halogens is 4. The number of alkyl halides is 3. The maximum atomic E-state index is 13.5. The van der Waals surface area contributed by atoms with Gasteiger partial charge in [-0.15, -0.1) is 0 Å². The van der Waals surface area contributed by atoms with E-state index in [-0.39, 0.29) is 22.6 Å². The van der Waals surface area contributed by atoms with Crippen molar-refractivity contribution in [2.24, 2.45) is 12.2 Å². The molecule has 0 amide bonds. The first-order chi connectivity index (χ1) is 18.7. The van der Waals surface area contributed by atoms with Crippen LogP contribution in [0.3, 0.4) is 0 Å². The summed E-state index contributed by atoms with van der Waals surface area (Å²) in [4.78, 5) is 28.6. The van der Waals surface area contributed by atoms with Crippen molar-refractivity contribution in [3.05, 3.63) is 81.9 Å². The van der Waals surface area contributed by atoms with Crippen molar-refractivity contribution in [1.29, 1.82) is 0 Å². The first-order valence-electron chi connectivity index (χ1n) is 12.3. The molecule has 11 heteroatoms. The molecule has 0 spiro atoms. The molecule has 0 aliphatic carbocycles. The first kappa shape index (κ1) is 27.8. The molecule has 0 saturated carbocycles. The Kier molecular flexibility index (Phi) is 6.98. The van der Waals surface area contributed by atoms with Crippen molar-refractivity contribution in [3.8, 4) is 0 Å². The smallest absolute Gasteiger partial charge is 0.347 e. The number of hydrogen-bond donors (Lipinski definition) is 0. The van der Waals surface area contributed by atoms with Gasteiger partial charge in [0, 0.05) is 40.0 Å². The van der Waals surface area contributed by atoms with E-state index in [4.69, 9.17) is 21.1 Å². The van der Waals surface area contributed by atoms with E-state index in [1.54, 1.807) is 48.5 Å². The maximum Gasteiger partial charge on any atom is 0.493 e. The average Bonchev–Trinajstić information content (AvgIpc) is 3.41. The summed E-state index contributed by atoms with van der Waals surface area (Å²) in [5.74, 6) is -3.37. The number of benzene rings is 3. The molecule has 208 valence electrons. The lowest BCUT2D eigenvalue weighted by molar-refractivity contribution is -0.199. The highest BCUT2D eigenvalue weighted by Crippen LogP contribution is 2.35. The fraction of sp³-hybridized carbons (Fsp3) is 0.276. The summed E-state index contributed by atoms with van der Waals surface area (Å²) in [5.41, 5.74) is 3.74. The molecule has 1 fully saturated rings. The molecule has 1 atom stereocenters. The summed E-state index contributed by atoms with van der Waals surface area (Å²) in [6.45, 7) is 5.47. The van der Waals surface area contributed by atoms with Crippen molar-refractivity contribution in [3.63, 3.8) is 0 Å². The highest BCUT2D eigenvalue weighted by atomic mass is 35.5. The molecule has 5 rings (SSSR count). The number of ether oxygens (including phenoxy) is 2. The summed E-state index contributed by atoms with van der Waals surface area (Å²) in [6.07, 6.45) is -5.44. The van der Waals surface area contributed by atoms with Crippen LogP contribution in [-0.2, 0) is 26.2 Å². The van der Waals surface area contributed by atoms with E-state index in [9.17, 15) is 22.8 Å². The third-order valence-corrected chi connectivity index (χ3v) is 7.11. The van der Waals surface area contributed by atoms with Gasteiger partial charge in [-0.3, -0.25) is 4.79 Å². The number of oxime groups is 1. The molecule has 2 heterocycles. The van der Waals surface area contributed by atoms with Gasteiger partial charge in [0.2, 0.25) is 0 Å². The van der Waals surface area contributed by atoms with E-state index < -0.39 is 17.9 Å². The minimum absolute atomic E-state index is 0.0793. The van der Waals surface area contributed by atoms with Crippen molar-refractivity contribution in [2.75, 3.05) is 6.61 Å². The highest BCUT2D eigenvalue weighted by molar-refractivity contribution is 6.35. The van der Waals surface area contributed by atoms with Crippen LogP contribution < -0.4 is 0 Å². The van der Waals surface area contributed by atoms with Gasteiger partial charge in [-0.2, -0.15) is 13.2 Å². The SMILES string of the molecule is CC(=NOC(=O)C(F)(F)F)c1ccc2c(c1)c1cc(C(=O)c3ccc(C4COC(C)(C)O4)cc3Cl)ccc1n2C. The molecule has 1 aliphatic rings. The molecule has 1 aromatic heterocycles. The van der Waals surface area contributed by atoms with E-state index in [0.29, 0.717) is 23.3 Å². The molecule has 1 unspecified atom stereocenters. The third-order valence-electron chi connectivity index (χ3n) is 6.80. The summed E-state index contributed by atoms with van der Waals surface area (Å²) in [7, 11) is 1.86. The zero-order chi connectivity index (χ0) is 29.0. The molecular formula is C29H24ClF3N2O5. The third kappa shape index (κ3) is 5.22. The Morgan fingerprint density at radius 1 is 1.02 bits per heavy atom. The quantitative estimate of drug-likeness (QED) is 0.113. The van der Waals surface area contributed by atoms with Crippen LogP contribution in [0.4, 0.5) is 13.2 Å². The van der Waals surface area contributed by atoms with E-state index in [1.807, 2.05) is 31.5 Å². The number of nitrogens with zero attached hydrogens (tertiary/aromatic N) is 2. The van der Waals surface area contributed by atoms with Gasteiger partial charge in [0.25, 0.3) is 0 Å². The maximum absolute atomic E-state index is 13.5. The number of carbonyl (C=O) groups excluding carboxylic acids is 2. The van der Waals surface area contributed by atoms with Gasteiger partial charge >= 0.3 is 12.1 Å². The Labute approximate surface area is 232 Å². The second-order valence-electron chi connectivity index (χ2n) is 9.96. The monoisotopic (exact) mass is 572 g/mol. The molecule has 0 N–H and O–H groups in total. The predicted molar refractivity (Wildman–Crippen MR) is 144 cm³/mol. The van der Waals surface area contributed by atoms with Crippen LogP contribution >= 0.6 is 11.6 Å². The van der Waals surface area contributed by atoms with Crippen LogP contribution in [0.1, 0.15) is 53.9 Å². The lowest BCUT2D eigenvalue weighted by atomic mass is 9.98. The standard InChI is InChI=1S/C29H24ClF3N2O5/c1-15(34-40-27(37)29(31,32)33)16-6-9-23-20(11-16)21-12-18(7-10-24(21)35(23)4)26(36)19-8-5-17(13-22(19)30)25-14-38-28(2,3)39-25/h5-13,25H,14H2,1-4H3. The average molecular weight is 573 g/mol. The second-order valence-corrected chi connectivity index (χ2v) is 10.4. The van der Waals surface area contributed by atoms with Crippen LogP contribution in [0.5, 0.6) is 0 Å². The summed E-state index contributed by atoms with van der Waals surface area (Å²) in [5, 5.41) is 5.12. The van der Waals surface area contributed by atoms with E-state index >= 15 is 0 Å². The van der Waals surface area contributed by atoms with Gasteiger partial charge in [0.05, 0.1) is 17.3 Å². The lowest BCUT2D eigenvalue weighted by Crippen LogP contribution is -2.24. The van der Waals surface area contributed by atoms with Crippen LogP contribution in [0.25, 0.3) is 21.8 Å². The first-order valence-corrected chi connectivity index (χ1v) is 12.6. The highest BCUT2D eigenvalue weighted by Gasteiger charge is 2.41. The van der Waals surface area contributed by atoms with Crippen LogP contribution in [0.2, 0.25) is 5.02 Å². The van der Waals surface area contributed by atoms with Crippen LogP contribution in [0.15, 0.2) is 59.8 Å². The molecule has 4 aromatic rings. The number of fused-ring (bicyclic) bond motifs is 3. The fourth-order valence-electron chi connectivity index (χ4n) is 4.72. The molecule has 0 bridgehead atoms. The predicted octanol–water partition coefficient (Wildman–Crippen LogP) is 6.87. The lowest BCUT2D eigenvalue weighted by Gasteiger charge is -2.17. The Bertz CT molecular complexity index is 1710. The van der Waals surface area contributed by atoms with Gasteiger partial charge in [0.1, 0.15) is 6.10 Å². The van der Waals surface area contributed by atoms with Gasteiger partial charge in [0.15, 0.2) is 11.6 Å². The van der Waals surface area contributed by atoms with Crippen molar-refractivity contribution in [2.45, 2.75) is 38.8 Å². The van der Waals surface area contributed by atoms with Gasteiger partial charge in [-0.1, -0.05) is 28.9 Å². The van der Waals surface area contributed by atoms with E-state index in [1.165, 1.54) is 6.92 Å². The van der Waals surface area contributed by atoms with Gasteiger partial charge < -0.3 is 18.9 Å². The molecule has 7 nitrogen and oxygen atoms in total. The number of aromatic nitrogens is 1. The van der Waals surface area contributed by atoms with E-state index in [2.05, 4.69) is 9.99 Å².